The van der Waals surface area contributed by atoms with Gasteiger partial charge in [0.25, 0.3) is 0 Å². The molecule has 0 aliphatic heterocycles. The Labute approximate surface area is 369 Å². The molecule has 0 aromatic carbocycles. The number of aliphatic hydroxyl groups excluding tert-OH is 2. The normalized spacial score (nSPS) is 13.9. The molecule has 5 heteroatoms. The van der Waals surface area contributed by atoms with Crippen molar-refractivity contribution in [3.63, 3.8) is 0 Å². The lowest BCUT2D eigenvalue weighted by molar-refractivity contribution is 0.00996. The maximum atomic E-state index is 9.46. The summed E-state index contributed by atoms with van der Waals surface area (Å²) in [6, 6.07) is 2.24. The molecule has 358 valence electrons. The third-order valence-corrected chi connectivity index (χ3v) is 12.4. The maximum Gasteiger partial charge on any atom is 0.0686 e. The fourth-order valence-corrected chi connectivity index (χ4v) is 4.36. The first-order valence-corrected chi connectivity index (χ1v) is 23.4. The molecule has 0 aliphatic carbocycles. The van der Waals surface area contributed by atoms with Crippen LogP contribution in [0.25, 0.3) is 0 Å². The molecule has 2 unspecified atom stereocenters. The van der Waals surface area contributed by atoms with Crippen LogP contribution in [0.5, 0.6) is 0 Å². The van der Waals surface area contributed by atoms with E-state index in [9.17, 15) is 10.2 Å². The van der Waals surface area contributed by atoms with Gasteiger partial charge < -0.3 is 20.4 Å². The van der Waals surface area contributed by atoms with Crippen LogP contribution in [0.1, 0.15) is 247 Å². The van der Waals surface area contributed by atoms with Crippen LogP contribution in [-0.4, -0.2) is 44.3 Å². The minimum Gasteiger partial charge on any atom is -0.396 e. The lowest BCUT2D eigenvalue weighted by atomic mass is 9.79. The van der Waals surface area contributed by atoms with E-state index in [1.807, 2.05) is 83.1 Å². The minimum absolute atomic E-state index is 0.0359. The Morgan fingerprint density at radius 1 is 0.483 bits per heavy atom. The van der Waals surface area contributed by atoms with Crippen molar-refractivity contribution >= 4 is 0 Å². The van der Waals surface area contributed by atoms with E-state index in [1.165, 1.54) is 19.3 Å². The zero-order valence-electron chi connectivity index (χ0n) is 46.1. The molecule has 0 amide bonds. The van der Waals surface area contributed by atoms with Gasteiger partial charge in [0.1, 0.15) is 0 Å². The molecule has 0 spiro atoms. The largest absolute Gasteiger partial charge is 0.396 e. The van der Waals surface area contributed by atoms with Crippen LogP contribution in [0.3, 0.4) is 0 Å². The predicted octanol–water partition coefficient (Wildman–Crippen LogP) is 16.1. The van der Waals surface area contributed by atoms with Gasteiger partial charge in [-0.2, -0.15) is 5.26 Å². The highest BCUT2D eigenvalue weighted by Gasteiger charge is 2.25. The van der Waals surface area contributed by atoms with E-state index in [-0.39, 0.29) is 22.3 Å². The van der Waals surface area contributed by atoms with Gasteiger partial charge in [-0.1, -0.05) is 193 Å². The molecular weight excluding hydrogens is 715 g/mol. The topological polar surface area (TPSA) is 105 Å². The molecule has 4 N–H and O–H groups in total. The standard InChI is InChI=1S/C9H20.2C8H18O.C8H18.C7H13N.C7H16O.C6H14O/c1-6-9(4,5)7-8(2)3;1-7(2)5-8(3,4)6-9;1-6(2)7(9)8(3,4)5;1-6-8(4,5)7(2)3;1-6(2)7(3,4)5-8;1-5-7(4,8)6(2)3;1-5(2)6(3,4)7/h8H,6-7H2,1-5H3;7,9H,5-6H2,1-4H3;6-7,9H,1-5H3;7H,6H2,1-5H3;6H,1-4H3;6,8H,5H2,1-4H3;5,7H,1-4H3. The summed E-state index contributed by atoms with van der Waals surface area (Å²) in [5.41, 5.74) is 0.149. The summed E-state index contributed by atoms with van der Waals surface area (Å²) in [4.78, 5) is 0. The van der Waals surface area contributed by atoms with Crippen molar-refractivity contribution < 1.29 is 20.4 Å². The molecule has 0 aromatic rings. The Balaban J connectivity index is -0.000000105. The monoisotopic (exact) mass is 832 g/mol. The number of hydrogen-bond donors (Lipinski definition) is 4. The Kier molecular flexibility index (Phi) is 40.8. The molecule has 2 atom stereocenters. The minimum atomic E-state index is -0.500. The molecule has 0 saturated carbocycles. The molecule has 0 rings (SSSR count). The molecule has 0 fully saturated rings. The summed E-state index contributed by atoms with van der Waals surface area (Å²) in [5, 5.41) is 45.3. The Morgan fingerprint density at radius 2 is 0.810 bits per heavy atom. The van der Waals surface area contributed by atoms with Gasteiger partial charge >= 0.3 is 0 Å². The van der Waals surface area contributed by atoms with Crippen molar-refractivity contribution in [2.75, 3.05) is 6.61 Å². The van der Waals surface area contributed by atoms with Crippen molar-refractivity contribution in [3.05, 3.63) is 0 Å². The molecule has 0 radical (unpaired) electrons. The number of nitrogens with zero attached hydrogens (tertiary/aromatic N) is 1. The van der Waals surface area contributed by atoms with Gasteiger partial charge in [-0.05, 0) is 117 Å². The maximum absolute atomic E-state index is 9.46. The third-order valence-electron chi connectivity index (χ3n) is 12.4. The van der Waals surface area contributed by atoms with Crippen LogP contribution in [0, 0.1) is 79.8 Å². The molecule has 5 nitrogen and oxygen atoms in total. The van der Waals surface area contributed by atoms with Crippen LogP contribution in [0.2, 0.25) is 0 Å². The fourth-order valence-electron chi connectivity index (χ4n) is 4.36. The first kappa shape index (κ1) is 71.8. The summed E-state index contributed by atoms with van der Waals surface area (Å²) in [6.45, 7) is 65.6. The highest BCUT2D eigenvalue weighted by Crippen LogP contribution is 2.30. The van der Waals surface area contributed by atoms with Gasteiger partial charge in [-0.15, -0.1) is 0 Å². The zero-order chi connectivity index (χ0) is 49.1. The average Bonchev–Trinajstić information content (AvgIpc) is 3.03. The summed E-state index contributed by atoms with van der Waals surface area (Å²) in [5.74, 6) is 3.89. The zero-order valence-corrected chi connectivity index (χ0v) is 46.1. The first-order chi connectivity index (χ1) is 25.3. The van der Waals surface area contributed by atoms with Gasteiger partial charge in [0.15, 0.2) is 0 Å². The van der Waals surface area contributed by atoms with Gasteiger partial charge in [0, 0.05) is 6.61 Å². The molecule has 0 aliphatic rings. The van der Waals surface area contributed by atoms with Crippen molar-refractivity contribution in [3.8, 4) is 6.07 Å². The number of rotatable bonds is 13. The average molecular weight is 833 g/mol. The Hall–Kier alpha value is -0.670. The fraction of sp³-hybridized carbons (Fsp3) is 0.981. The second-order valence-corrected chi connectivity index (χ2v) is 24.2. The van der Waals surface area contributed by atoms with E-state index < -0.39 is 11.2 Å². The van der Waals surface area contributed by atoms with E-state index in [2.05, 4.69) is 138 Å². The smallest absolute Gasteiger partial charge is 0.0686 e. The van der Waals surface area contributed by atoms with E-state index in [1.54, 1.807) is 0 Å². The first-order valence-electron chi connectivity index (χ1n) is 23.4. The van der Waals surface area contributed by atoms with Crippen LogP contribution >= 0.6 is 0 Å². The lowest BCUT2D eigenvalue weighted by Crippen LogP contribution is -2.30. The summed E-state index contributed by atoms with van der Waals surface area (Å²) in [6.07, 6.45) is 5.69. The lowest BCUT2D eigenvalue weighted by Gasteiger charge is -2.28. The summed E-state index contributed by atoms with van der Waals surface area (Å²) < 4.78 is 0. The van der Waals surface area contributed by atoms with Gasteiger partial charge in [-0.3, -0.25) is 0 Å². The van der Waals surface area contributed by atoms with Crippen LogP contribution < -0.4 is 0 Å². The van der Waals surface area contributed by atoms with Gasteiger partial charge in [-0.25, -0.2) is 0 Å². The van der Waals surface area contributed by atoms with Crippen LogP contribution in [0.15, 0.2) is 0 Å². The van der Waals surface area contributed by atoms with Gasteiger partial charge in [0.05, 0.1) is 28.8 Å². The summed E-state index contributed by atoms with van der Waals surface area (Å²) in [7, 11) is 0. The van der Waals surface area contributed by atoms with E-state index >= 15 is 0 Å². The third kappa shape index (κ3) is 48.0. The predicted molar refractivity (Wildman–Crippen MR) is 264 cm³/mol. The molecule has 0 saturated heterocycles. The summed E-state index contributed by atoms with van der Waals surface area (Å²) >= 11 is 0. The Bertz CT molecular complexity index is 899. The van der Waals surface area contributed by atoms with Crippen LogP contribution in [-0.2, 0) is 0 Å². The van der Waals surface area contributed by atoms with Crippen molar-refractivity contribution in [1.82, 2.24) is 0 Å². The molecule has 0 bridgehead atoms. The van der Waals surface area contributed by atoms with Gasteiger partial charge in [0.2, 0.25) is 0 Å². The number of nitriles is 1. The number of hydrogen-bond acceptors (Lipinski definition) is 5. The van der Waals surface area contributed by atoms with Crippen molar-refractivity contribution in [2.45, 2.75) is 264 Å². The molecule has 58 heavy (non-hydrogen) atoms. The molecular formula is C53H117NO4. The highest BCUT2D eigenvalue weighted by molar-refractivity contribution is 4.93. The van der Waals surface area contributed by atoms with E-state index in [0.29, 0.717) is 47.0 Å². The second-order valence-electron chi connectivity index (χ2n) is 24.2. The van der Waals surface area contributed by atoms with Crippen LogP contribution in [0.4, 0.5) is 0 Å². The van der Waals surface area contributed by atoms with E-state index in [4.69, 9.17) is 15.5 Å². The SMILES string of the molecule is CC(C)C(C)(C)C#N.CC(C)C(C)(C)O.CC(C)C(O)C(C)(C)C.CC(C)CC(C)(C)CO.CCC(C)(C)C(C)C.CCC(C)(C)CC(C)C.CCC(C)(O)C(C)C. The number of aliphatic hydroxyl groups is 4. The second kappa shape index (κ2) is 33.0. The highest BCUT2D eigenvalue weighted by atomic mass is 16.3. The van der Waals surface area contributed by atoms with Crippen molar-refractivity contribution in [1.29, 1.82) is 5.26 Å². The van der Waals surface area contributed by atoms with Crippen molar-refractivity contribution in [2.24, 2.45) is 68.5 Å². The van der Waals surface area contributed by atoms with E-state index in [0.717, 1.165) is 24.7 Å². The molecule has 0 heterocycles. The Morgan fingerprint density at radius 3 is 0.845 bits per heavy atom. The quantitative estimate of drug-likeness (QED) is 0.148. The molecule has 0 aromatic heterocycles.